The molecular weight excluding hydrogens is 394 g/mol. The second-order valence-electron chi connectivity index (χ2n) is 7.88. The highest BCUT2D eigenvalue weighted by atomic mass is 16.5. The van der Waals surface area contributed by atoms with Crippen molar-refractivity contribution in [2.75, 3.05) is 27.3 Å². The highest BCUT2D eigenvalue weighted by Gasteiger charge is 2.24. The second-order valence-corrected chi connectivity index (χ2v) is 7.88. The minimum Gasteiger partial charge on any atom is -0.497 e. The lowest BCUT2D eigenvalue weighted by Gasteiger charge is -2.33. The van der Waals surface area contributed by atoms with Crippen molar-refractivity contribution in [2.24, 2.45) is 5.92 Å². The average molecular weight is 426 g/mol. The summed E-state index contributed by atoms with van der Waals surface area (Å²) in [7, 11) is 3.21. The van der Waals surface area contributed by atoms with E-state index in [1.807, 2.05) is 29.2 Å². The van der Waals surface area contributed by atoms with Gasteiger partial charge in [-0.05, 0) is 48.9 Å². The number of pyridine rings is 1. The molecule has 0 bridgehead atoms. The number of carbonyl (C=O) groups is 2. The van der Waals surface area contributed by atoms with Crippen LogP contribution in [0.15, 0.2) is 42.7 Å². The number of hydrogen-bond donors (Lipinski definition) is 1. The first-order chi connectivity index (χ1) is 15.1. The fourth-order valence-corrected chi connectivity index (χ4v) is 3.93. The van der Waals surface area contributed by atoms with Crippen LogP contribution in [-0.4, -0.2) is 49.0 Å². The molecule has 2 aromatic rings. The lowest BCUT2D eigenvalue weighted by Crippen LogP contribution is -2.41. The van der Waals surface area contributed by atoms with Gasteiger partial charge >= 0.3 is 0 Å². The van der Waals surface area contributed by atoms with Crippen molar-refractivity contribution in [3.63, 3.8) is 0 Å². The normalized spacial score (nSPS) is 15.9. The van der Waals surface area contributed by atoms with Crippen molar-refractivity contribution in [1.29, 1.82) is 0 Å². The number of hydrogen-bond acceptors (Lipinski definition) is 5. The summed E-state index contributed by atoms with van der Waals surface area (Å²) in [5.74, 6) is 1.90. The molecule has 7 heteroatoms. The zero-order valence-corrected chi connectivity index (χ0v) is 18.3. The van der Waals surface area contributed by atoms with E-state index in [0.717, 1.165) is 43.5 Å². The molecular formula is C24H31N3O4. The third-order valence-electron chi connectivity index (χ3n) is 5.70. The number of rotatable bonds is 9. The lowest BCUT2D eigenvalue weighted by atomic mass is 9.93. The molecule has 2 amide bonds. The van der Waals surface area contributed by atoms with E-state index in [0.29, 0.717) is 36.8 Å². The zero-order valence-electron chi connectivity index (χ0n) is 18.3. The molecule has 1 aromatic carbocycles. The monoisotopic (exact) mass is 425 g/mol. The van der Waals surface area contributed by atoms with Gasteiger partial charge in [0.2, 0.25) is 11.8 Å². The molecule has 1 saturated heterocycles. The van der Waals surface area contributed by atoms with Crippen molar-refractivity contribution in [1.82, 2.24) is 15.2 Å². The summed E-state index contributed by atoms with van der Waals surface area (Å²) in [6.07, 6.45) is 7.09. The highest BCUT2D eigenvalue weighted by Crippen LogP contribution is 2.25. The van der Waals surface area contributed by atoms with Crippen LogP contribution in [0.25, 0.3) is 0 Å². The number of aromatic nitrogens is 1. The van der Waals surface area contributed by atoms with Gasteiger partial charge in [0.1, 0.15) is 11.5 Å². The molecule has 31 heavy (non-hydrogen) atoms. The summed E-state index contributed by atoms with van der Waals surface area (Å²) in [4.78, 5) is 31.0. The number of benzene rings is 1. The van der Waals surface area contributed by atoms with E-state index in [2.05, 4.69) is 10.3 Å². The van der Waals surface area contributed by atoms with Gasteiger partial charge in [-0.2, -0.15) is 0 Å². The van der Waals surface area contributed by atoms with Gasteiger partial charge in [0.15, 0.2) is 0 Å². The number of nitrogens with one attached hydrogen (secondary N) is 1. The first-order valence-electron chi connectivity index (χ1n) is 10.7. The van der Waals surface area contributed by atoms with E-state index < -0.39 is 0 Å². The molecule has 0 aliphatic carbocycles. The van der Waals surface area contributed by atoms with Gasteiger partial charge in [0, 0.05) is 50.1 Å². The summed E-state index contributed by atoms with van der Waals surface area (Å²) < 4.78 is 10.6. The van der Waals surface area contributed by atoms with E-state index >= 15 is 0 Å². The van der Waals surface area contributed by atoms with Gasteiger partial charge in [-0.15, -0.1) is 0 Å². The van der Waals surface area contributed by atoms with Crippen LogP contribution < -0.4 is 14.8 Å². The minimum absolute atomic E-state index is 0.0108. The molecule has 1 aromatic heterocycles. The Labute approximate surface area is 183 Å². The topological polar surface area (TPSA) is 80.8 Å². The lowest BCUT2D eigenvalue weighted by molar-refractivity contribution is -0.132. The number of likely N-dealkylation sites (tertiary alicyclic amines) is 1. The zero-order chi connectivity index (χ0) is 22.1. The Kier molecular flexibility index (Phi) is 8.27. The van der Waals surface area contributed by atoms with Crippen LogP contribution in [0.2, 0.25) is 0 Å². The van der Waals surface area contributed by atoms with E-state index in [1.165, 1.54) is 0 Å². The summed E-state index contributed by atoms with van der Waals surface area (Å²) in [6, 6.07) is 9.32. The summed E-state index contributed by atoms with van der Waals surface area (Å²) in [5, 5.41) is 2.97. The van der Waals surface area contributed by atoms with E-state index in [9.17, 15) is 9.59 Å². The Hall–Kier alpha value is -3.09. The molecule has 1 atom stereocenters. The molecule has 0 spiro atoms. The van der Waals surface area contributed by atoms with Gasteiger partial charge in [-0.3, -0.25) is 14.6 Å². The molecule has 0 radical (unpaired) electrons. The van der Waals surface area contributed by atoms with Gasteiger partial charge in [-0.25, -0.2) is 0 Å². The van der Waals surface area contributed by atoms with Gasteiger partial charge in [0.25, 0.3) is 0 Å². The van der Waals surface area contributed by atoms with Crippen molar-refractivity contribution in [2.45, 2.75) is 38.6 Å². The molecule has 3 rings (SSSR count). The Bertz CT molecular complexity index is 872. The predicted octanol–water partition coefficient (Wildman–Crippen LogP) is 2.98. The first-order valence-corrected chi connectivity index (χ1v) is 10.7. The fourth-order valence-electron chi connectivity index (χ4n) is 3.93. The van der Waals surface area contributed by atoms with Gasteiger partial charge < -0.3 is 19.7 Å². The maximum atomic E-state index is 12.6. The second kappa shape index (κ2) is 11.3. The molecule has 7 nitrogen and oxygen atoms in total. The highest BCUT2D eigenvalue weighted by molar-refractivity contribution is 5.79. The SMILES string of the molecule is COc1ccc(CNC(=O)CC[C@@H]2CCCN(C(=O)Cc3cccnc3)C2)c(OC)c1. The van der Waals surface area contributed by atoms with Crippen LogP contribution in [0, 0.1) is 5.92 Å². The number of nitrogens with zero attached hydrogens (tertiary/aromatic N) is 2. The van der Waals surface area contributed by atoms with Crippen LogP contribution in [-0.2, 0) is 22.6 Å². The Morgan fingerprint density at radius 1 is 1.23 bits per heavy atom. The summed E-state index contributed by atoms with van der Waals surface area (Å²) >= 11 is 0. The maximum Gasteiger partial charge on any atom is 0.227 e. The van der Waals surface area contributed by atoms with Crippen LogP contribution in [0.5, 0.6) is 11.5 Å². The number of piperidine rings is 1. The van der Waals surface area contributed by atoms with Crippen LogP contribution in [0.1, 0.15) is 36.8 Å². The minimum atomic E-state index is 0.0108. The Morgan fingerprint density at radius 3 is 2.84 bits per heavy atom. The van der Waals surface area contributed by atoms with Crippen molar-refractivity contribution < 1.29 is 19.1 Å². The van der Waals surface area contributed by atoms with Crippen molar-refractivity contribution >= 4 is 11.8 Å². The van der Waals surface area contributed by atoms with E-state index in [1.54, 1.807) is 32.7 Å². The molecule has 2 heterocycles. The fraction of sp³-hybridized carbons (Fsp3) is 0.458. The van der Waals surface area contributed by atoms with Crippen LogP contribution in [0.3, 0.4) is 0 Å². The van der Waals surface area contributed by atoms with Crippen LogP contribution >= 0.6 is 0 Å². The van der Waals surface area contributed by atoms with Gasteiger partial charge in [-0.1, -0.05) is 6.07 Å². The Morgan fingerprint density at radius 2 is 2.10 bits per heavy atom. The Balaban J connectivity index is 1.43. The third-order valence-corrected chi connectivity index (χ3v) is 5.70. The molecule has 166 valence electrons. The molecule has 0 unspecified atom stereocenters. The van der Waals surface area contributed by atoms with Gasteiger partial charge in [0.05, 0.1) is 20.6 Å². The predicted molar refractivity (Wildman–Crippen MR) is 118 cm³/mol. The number of methoxy groups -OCH3 is 2. The van der Waals surface area contributed by atoms with E-state index in [4.69, 9.17) is 9.47 Å². The molecule has 0 saturated carbocycles. The number of ether oxygens (including phenoxy) is 2. The van der Waals surface area contributed by atoms with Crippen LogP contribution in [0.4, 0.5) is 0 Å². The standard InChI is InChI=1S/C24H31N3O4/c1-30-21-9-8-20(22(14-21)31-2)16-26-23(28)10-7-18-6-4-12-27(17-18)24(29)13-19-5-3-11-25-15-19/h3,5,8-9,11,14-15,18H,4,6-7,10,12-13,16-17H2,1-2H3,(H,26,28)/t18-/m0/s1. The first kappa shape index (κ1) is 22.6. The molecule has 1 N–H and O–H groups in total. The largest absolute Gasteiger partial charge is 0.497 e. The quantitative estimate of drug-likeness (QED) is 0.668. The van der Waals surface area contributed by atoms with E-state index in [-0.39, 0.29) is 11.8 Å². The van der Waals surface area contributed by atoms with Crippen molar-refractivity contribution in [3.05, 3.63) is 53.9 Å². The average Bonchev–Trinajstić information content (AvgIpc) is 2.82. The number of amides is 2. The van der Waals surface area contributed by atoms with Crippen molar-refractivity contribution in [3.8, 4) is 11.5 Å². The maximum absolute atomic E-state index is 12.6. The molecule has 1 fully saturated rings. The molecule has 1 aliphatic rings. The summed E-state index contributed by atoms with van der Waals surface area (Å²) in [6.45, 7) is 1.92. The molecule has 1 aliphatic heterocycles. The third kappa shape index (κ3) is 6.70. The number of carbonyl (C=O) groups excluding carboxylic acids is 2. The smallest absolute Gasteiger partial charge is 0.227 e. The summed E-state index contributed by atoms with van der Waals surface area (Å²) in [5.41, 5.74) is 1.84.